The number of hydrogen-bond donors (Lipinski definition) is 0. The molecule has 0 fully saturated rings. The number of rotatable bonds is 12. The normalized spacial score (nSPS) is 11.4. The third-order valence-electron chi connectivity index (χ3n) is 4.53. The summed E-state index contributed by atoms with van der Waals surface area (Å²) in [7, 11) is 0. The zero-order chi connectivity index (χ0) is 17.7. The zero-order valence-electron chi connectivity index (χ0n) is 16.0. The molecule has 0 spiro atoms. The highest BCUT2D eigenvalue weighted by Gasteiger charge is 2.08. The molecule has 25 heavy (non-hydrogen) atoms. The molecule has 2 aromatic rings. The van der Waals surface area contributed by atoms with E-state index in [2.05, 4.69) is 84.3 Å². The zero-order valence-corrected chi connectivity index (χ0v) is 16.0. The van der Waals surface area contributed by atoms with Gasteiger partial charge in [-0.3, -0.25) is 9.80 Å². The van der Waals surface area contributed by atoms with Gasteiger partial charge < -0.3 is 0 Å². The molecule has 0 N–H and O–H groups in total. The van der Waals surface area contributed by atoms with Crippen molar-refractivity contribution in [2.75, 3.05) is 26.2 Å². The quantitative estimate of drug-likeness (QED) is 0.525. The molecule has 0 bridgehead atoms. The second kappa shape index (κ2) is 11.8. The van der Waals surface area contributed by atoms with E-state index in [0.717, 1.165) is 13.1 Å². The van der Waals surface area contributed by atoms with Crippen LogP contribution in [0.5, 0.6) is 0 Å². The lowest BCUT2D eigenvalue weighted by Gasteiger charge is -2.25. The molecule has 0 heterocycles. The minimum absolute atomic E-state index is 1.07. The second-order valence-corrected chi connectivity index (χ2v) is 6.88. The van der Waals surface area contributed by atoms with E-state index in [-0.39, 0.29) is 0 Å². The van der Waals surface area contributed by atoms with Crippen LogP contribution in [0.1, 0.15) is 44.2 Å². The average Bonchev–Trinajstić information content (AvgIpc) is 2.64. The lowest BCUT2D eigenvalue weighted by atomic mass is 10.2. The summed E-state index contributed by atoms with van der Waals surface area (Å²) >= 11 is 0. The Labute approximate surface area is 154 Å². The molecule has 0 unspecified atom stereocenters. The molecule has 0 saturated carbocycles. The van der Waals surface area contributed by atoms with E-state index < -0.39 is 0 Å². The van der Waals surface area contributed by atoms with Gasteiger partial charge in [-0.2, -0.15) is 0 Å². The van der Waals surface area contributed by atoms with Crippen molar-refractivity contribution >= 4 is 0 Å². The Morgan fingerprint density at radius 3 is 1.32 bits per heavy atom. The van der Waals surface area contributed by atoms with E-state index in [1.807, 2.05) is 0 Å². The lowest BCUT2D eigenvalue weighted by Crippen LogP contribution is -2.30. The fourth-order valence-corrected chi connectivity index (χ4v) is 3.37. The first-order valence-corrected chi connectivity index (χ1v) is 9.84. The van der Waals surface area contributed by atoms with Crippen molar-refractivity contribution in [2.24, 2.45) is 0 Å². The van der Waals surface area contributed by atoms with E-state index in [4.69, 9.17) is 0 Å². The first kappa shape index (κ1) is 19.7. The van der Waals surface area contributed by atoms with Crippen molar-refractivity contribution in [3.8, 4) is 0 Å². The van der Waals surface area contributed by atoms with E-state index in [0.29, 0.717) is 0 Å². The number of benzene rings is 2. The molecule has 136 valence electrons. The van der Waals surface area contributed by atoms with Gasteiger partial charge in [-0.25, -0.2) is 0 Å². The fraction of sp³-hybridized carbons (Fsp3) is 0.478. The lowest BCUT2D eigenvalue weighted by molar-refractivity contribution is 0.217. The van der Waals surface area contributed by atoms with Crippen LogP contribution in [-0.4, -0.2) is 36.0 Å². The molecule has 0 atom stereocenters. The highest BCUT2D eigenvalue weighted by Crippen LogP contribution is 2.09. The van der Waals surface area contributed by atoms with Gasteiger partial charge >= 0.3 is 0 Å². The first-order chi connectivity index (χ1) is 12.3. The van der Waals surface area contributed by atoms with Crippen LogP contribution in [-0.2, 0) is 13.1 Å². The summed E-state index contributed by atoms with van der Waals surface area (Å²) in [5.74, 6) is 0. The summed E-state index contributed by atoms with van der Waals surface area (Å²) in [6.07, 6.45) is 3.67. The van der Waals surface area contributed by atoms with Gasteiger partial charge in [0.25, 0.3) is 0 Å². The molecular formula is C23H34N2. The smallest absolute Gasteiger partial charge is 0.0233 e. The van der Waals surface area contributed by atoms with Crippen LogP contribution in [0.15, 0.2) is 60.7 Å². The topological polar surface area (TPSA) is 6.48 Å². The Balaban J connectivity index is 1.81. The maximum absolute atomic E-state index is 2.60. The molecule has 0 saturated heterocycles. The molecule has 0 radical (unpaired) electrons. The monoisotopic (exact) mass is 338 g/mol. The van der Waals surface area contributed by atoms with Gasteiger partial charge in [-0.15, -0.1) is 0 Å². The minimum Gasteiger partial charge on any atom is -0.299 e. The van der Waals surface area contributed by atoms with Crippen LogP contribution < -0.4 is 0 Å². The molecule has 0 amide bonds. The molecule has 0 aliphatic carbocycles. The predicted molar refractivity (Wildman–Crippen MR) is 109 cm³/mol. The number of hydrogen-bond acceptors (Lipinski definition) is 2. The molecular weight excluding hydrogens is 304 g/mol. The SMILES string of the molecule is CCCN(CCCN(CCC)Cc1ccccc1)Cc1ccccc1. The third-order valence-corrected chi connectivity index (χ3v) is 4.53. The summed E-state index contributed by atoms with van der Waals surface area (Å²) in [5, 5.41) is 0. The van der Waals surface area contributed by atoms with E-state index in [1.165, 1.54) is 56.6 Å². The van der Waals surface area contributed by atoms with Crippen LogP contribution in [0, 0.1) is 0 Å². The van der Waals surface area contributed by atoms with Crippen LogP contribution >= 0.6 is 0 Å². The van der Waals surface area contributed by atoms with Gasteiger partial charge in [-0.1, -0.05) is 74.5 Å². The van der Waals surface area contributed by atoms with Gasteiger partial charge in [0.1, 0.15) is 0 Å². The summed E-state index contributed by atoms with van der Waals surface area (Å²) in [4.78, 5) is 5.20. The van der Waals surface area contributed by atoms with Crippen molar-refractivity contribution in [2.45, 2.75) is 46.2 Å². The number of nitrogens with zero attached hydrogens (tertiary/aromatic N) is 2. The molecule has 0 aliphatic rings. The van der Waals surface area contributed by atoms with Crippen LogP contribution in [0.4, 0.5) is 0 Å². The van der Waals surface area contributed by atoms with Crippen molar-refractivity contribution in [1.29, 1.82) is 0 Å². The predicted octanol–water partition coefficient (Wildman–Crippen LogP) is 5.20. The standard InChI is InChI=1S/C23H34N2/c1-3-16-24(20-22-12-7-5-8-13-22)18-11-19-25(17-4-2)21-23-14-9-6-10-15-23/h5-10,12-15H,3-4,11,16-21H2,1-2H3. The Bertz CT molecular complexity index is 501. The third kappa shape index (κ3) is 7.85. The Morgan fingerprint density at radius 1 is 0.560 bits per heavy atom. The highest BCUT2D eigenvalue weighted by molar-refractivity contribution is 5.15. The Morgan fingerprint density at radius 2 is 0.960 bits per heavy atom. The first-order valence-electron chi connectivity index (χ1n) is 9.84. The van der Waals surface area contributed by atoms with Gasteiger partial charge in [0.2, 0.25) is 0 Å². The van der Waals surface area contributed by atoms with Crippen LogP contribution in [0.2, 0.25) is 0 Å². The van der Waals surface area contributed by atoms with Crippen molar-refractivity contribution in [3.63, 3.8) is 0 Å². The molecule has 2 heteroatoms. The van der Waals surface area contributed by atoms with Gasteiger partial charge in [0.05, 0.1) is 0 Å². The van der Waals surface area contributed by atoms with Gasteiger partial charge in [0.15, 0.2) is 0 Å². The summed E-state index contributed by atoms with van der Waals surface area (Å²) < 4.78 is 0. The second-order valence-electron chi connectivity index (χ2n) is 6.88. The molecule has 2 rings (SSSR count). The van der Waals surface area contributed by atoms with E-state index in [1.54, 1.807) is 0 Å². The van der Waals surface area contributed by atoms with Crippen LogP contribution in [0.25, 0.3) is 0 Å². The highest BCUT2D eigenvalue weighted by atomic mass is 15.1. The van der Waals surface area contributed by atoms with E-state index >= 15 is 0 Å². The maximum Gasteiger partial charge on any atom is 0.0233 e. The molecule has 2 aromatic carbocycles. The molecule has 0 aromatic heterocycles. The largest absolute Gasteiger partial charge is 0.299 e. The molecule has 2 nitrogen and oxygen atoms in total. The van der Waals surface area contributed by atoms with Gasteiger partial charge in [0, 0.05) is 13.1 Å². The maximum atomic E-state index is 2.60. The fourth-order valence-electron chi connectivity index (χ4n) is 3.37. The van der Waals surface area contributed by atoms with Crippen molar-refractivity contribution < 1.29 is 0 Å². The van der Waals surface area contributed by atoms with Crippen LogP contribution in [0.3, 0.4) is 0 Å². The minimum atomic E-state index is 1.07. The molecule has 0 aliphatic heterocycles. The summed E-state index contributed by atoms with van der Waals surface area (Å²) in [6, 6.07) is 21.7. The van der Waals surface area contributed by atoms with Gasteiger partial charge in [-0.05, 0) is 56.6 Å². The summed E-state index contributed by atoms with van der Waals surface area (Å²) in [6.45, 7) is 11.4. The summed E-state index contributed by atoms with van der Waals surface area (Å²) in [5.41, 5.74) is 2.84. The Kier molecular flexibility index (Phi) is 9.32. The Hall–Kier alpha value is -1.64. The van der Waals surface area contributed by atoms with E-state index in [9.17, 15) is 0 Å². The van der Waals surface area contributed by atoms with Crippen molar-refractivity contribution in [1.82, 2.24) is 9.80 Å². The van der Waals surface area contributed by atoms with Crippen molar-refractivity contribution in [3.05, 3.63) is 71.8 Å². The average molecular weight is 339 g/mol.